The number of nitrogens with one attached hydrogen (secondary N) is 1. The Morgan fingerprint density at radius 2 is 2.14 bits per heavy atom. The normalized spacial score (nSPS) is 14.9. The number of methoxy groups -OCH3 is 1. The highest BCUT2D eigenvalue weighted by molar-refractivity contribution is 7.89. The van der Waals surface area contributed by atoms with E-state index in [-0.39, 0.29) is 0 Å². The van der Waals surface area contributed by atoms with Crippen molar-refractivity contribution in [3.8, 4) is 0 Å². The number of benzene rings is 1. The molecule has 0 saturated carbocycles. The molecule has 21 heavy (non-hydrogen) atoms. The zero-order valence-electron chi connectivity index (χ0n) is 13.0. The minimum atomic E-state index is -3.47. The first-order valence-corrected chi connectivity index (χ1v) is 8.81. The molecule has 0 unspecified atom stereocenters. The van der Waals surface area contributed by atoms with E-state index in [1.54, 1.807) is 13.2 Å². The summed E-state index contributed by atoms with van der Waals surface area (Å²) in [6.07, 6.45) is 1.77. The van der Waals surface area contributed by atoms with Crippen molar-refractivity contribution in [3.63, 3.8) is 0 Å². The van der Waals surface area contributed by atoms with Gasteiger partial charge >= 0.3 is 0 Å². The van der Waals surface area contributed by atoms with Crippen LogP contribution in [-0.2, 0) is 21.2 Å². The predicted molar refractivity (Wildman–Crippen MR) is 84.3 cm³/mol. The summed E-state index contributed by atoms with van der Waals surface area (Å²) >= 11 is 0. The lowest BCUT2D eigenvalue weighted by molar-refractivity contribution is 0.180. The third kappa shape index (κ3) is 3.22. The average Bonchev–Trinajstić information content (AvgIpc) is 2.48. The molecule has 0 fully saturated rings. The van der Waals surface area contributed by atoms with Crippen molar-refractivity contribution < 1.29 is 13.2 Å². The summed E-state index contributed by atoms with van der Waals surface area (Å²) < 4.78 is 32.3. The number of likely N-dealkylation sites (N-methyl/N-ethyl adjacent to an activating group) is 1. The quantitative estimate of drug-likeness (QED) is 0.873. The van der Waals surface area contributed by atoms with E-state index in [2.05, 4.69) is 5.32 Å². The summed E-state index contributed by atoms with van der Waals surface area (Å²) in [6, 6.07) is 3.63. The van der Waals surface area contributed by atoms with E-state index in [9.17, 15) is 8.42 Å². The van der Waals surface area contributed by atoms with Gasteiger partial charge in [0.15, 0.2) is 0 Å². The molecule has 0 radical (unpaired) electrons. The van der Waals surface area contributed by atoms with Gasteiger partial charge in [-0.2, -0.15) is 4.31 Å². The molecule has 1 aromatic carbocycles. The number of aryl methyl sites for hydroxylation is 1. The van der Waals surface area contributed by atoms with Crippen molar-refractivity contribution in [2.45, 2.75) is 31.6 Å². The van der Waals surface area contributed by atoms with Crippen molar-refractivity contribution in [1.82, 2.24) is 4.31 Å². The third-order valence-corrected chi connectivity index (χ3v) is 5.96. The van der Waals surface area contributed by atoms with E-state index in [1.165, 1.54) is 4.31 Å². The highest BCUT2D eigenvalue weighted by atomic mass is 32.2. The Balaban J connectivity index is 2.44. The number of ether oxygens (including phenoxy) is 1. The van der Waals surface area contributed by atoms with Gasteiger partial charge in [-0.3, -0.25) is 0 Å². The molecule has 0 bridgehead atoms. The Kier molecular flexibility index (Phi) is 5.24. The second-order valence-corrected chi connectivity index (χ2v) is 7.16. The Morgan fingerprint density at radius 3 is 2.81 bits per heavy atom. The lowest BCUT2D eigenvalue weighted by Gasteiger charge is -2.26. The first-order valence-electron chi connectivity index (χ1n) is 7.37. The lowest BCUT2D eigenvalue weighted by atomic mass is 10.00. The smallest absolute Gasteiger partial charge is 0.243 e. The topological polar surface area (TPSA) is 58.6 Å². The van der Waals surface area contributed by atoms with Crippen molar-refractivity contribution in [2.24, 2.45) is 0 Å². The van der Waals surface area contributed by atoms with Crippen LogP contribution in [0.15, 0.2) is 17.0 Å². The van der Waals surface area contributed by atoms with Gasteiger partial charge in [0, 0.05) is 32.4 Å². The molecule has 0 spiro atoms. The van der Waals surface area contributed by atoms with E-state index < -0.39 is 10.0 Å². The molecule has 0 aliphatic carbocycles. The van der Waals surface area contributed by atoms with Crippen LogP contribution in [0.5, 0.6) is 0 Å². The zero-order chi connectivity index (χ0) is 15.5. The molecule has 1 aliphatic rings. The van der Waals surface area contributed by atoms with Crippen molar-refractivity contribution in [2.75, 3.05) is 38.7 Å². The summed E-state index contributed by atoms with van der Waals surface area (Å²) in [6.45, 7) is 5.99. The van der Waals surface area contributed by atoms with E-state index in [0.717, 1.165) is 36.2 Å². The summed E-state index contributed by atoms with van der Waals surface area (Å²) in [5.74, 6) is 0. The number of hydrogen-bond donors (Lipinski definition) is 1. The molecule has 1 heterocycles. The molecule has 0 aromatic heterocycles. The number of nitrogens with zero attached hydrogens (tertiary/aromatic N) is 1. The van der Waals surface area contributed by atoms with Gasteiger partial charge in [0.25, 0.3) is 0 Å². The van der Waals surface area contributed by atoms with Crippen LogP contribution >= 0.6 is 0 Å². The number of anilines is 1. The van der Waals surface area contributed by atoms with Gasteiger partial charge in [-0.1, -0.05) is 13.0 Å². The van der Waals surface area contributed by atoms with Crippen LogP contribution in [0.1, 0.15) is 24.5 Å². The Hall–Kier alpha value is -1.11. The second kappa shape index (κ2) is 6.77. The minimum Gasteiger partial charge on any atom is -0.385 e. The minimum absolute atomic E-state index is 0.380. The first-order chi connectivity index (χ1) is 10.0. The van der Waals surface area contributed by atoms with Crippen LogP contribution in [0.25, 0.3) is 0 Å². The number of sulfonamides is 1. The van der Waals surface area contributed by atoms with Crippen LogP contribution < -0.4 is 5.32 Å². The van der Waals surface area contributed by atoms with Crippen LogP contribution in [0.2, 0.25) is 0 Å². The van der Waals surface area contributed by atoms with Gasteiger partial charge in [-0.25, -0.2) is 8.42 Å². The van der Waals surface area contributed by atoms with Gasteiger partial charge in [-0.05, 0) is 37.0 Å². The summed E-state index contributed by atoms with van der Waals surface area (Å²) in [4.78, 5) is 0.438. The van der Waals surface area contributed by atoms with Gasteiger partial charge in [0.2, 0.25) is 10.0 Å². The van der Waals surface area contributed by atoms with E-state index in [1.807, 2.05) is 19.9 Å². The van der Waals surface area contributed by atoms with E-state index in [0.29, 0.717) is 24.6 Å². The van der Waals surface area contributed by atoms with Crippen molar-refractivity contribution in [3.05, 3.63) is 23.3 Å². The standard InChI is InChI=1S/C15H24N2O3S/c1-4-17(10-11-20-3)21(18,19)14-8-7-12(2)15-13(14)6-5-9-16-15/h7-8,16H,4-6,9-11H2,1-3H3. The Morgan fingerprint density at radius 1 is 1.38 bits per heavy atom. The van der Waals surface area contributed by atoms with Gasteiger partial charge in [0.05, 0.1) is 11.5 Å². The SMILES string of the molecule is CCN(CCOC)S(=O)(=O)c1ccc(C)c2c1CCCN2. The molecular weight excluding hydrogens is 288 g/mol. The lowest BCUT2D eigenvalue weighted by Crippen LogP contribution is -2.34. The van der Waals surface area contributed by atoms with Crippen LogP contribution in [0.3, 0.4) is 0 Å². The van der Waals surface area contributed by atoms with Gasteiger partial charge < -0.3 is 10.1 Å². The largest absolute Gasteiger partial charge is 0.385 e. The van der Waals surface area contributed by atoms with Gasteiger partial charge in [-0.15, -0.1) is 0 Å². The molecule has 1 aromatic rings. The first kappa shape index (κ1) is 16.3. The molecular formula is C15H24N2O3S. The molecule has 0 amide bonds. The second-order valence-electron chi connectivity index (χ2n) is 5.25. The highest BCUT2D eigenvalue weighted by Crippen LogP contribution is 2.32. The maximum absolute atomic E-state index is 12.9. The highest BCUT2D eigenvalue weighted by Gasteiger charge is 2.28. The number of fused-ring (bicyclic) bond motifs is 1. The average molecular weight is 312 g/mol. The summed E-state index contributed by atoms with van der Waals surface area (Å²) in [7, 11) is -1.89. The van der Waals surface area contributed by atoms with Crippen molar-refractivity contribution >= 4 is 15.7 Å². The molecule has 0 saturated heterocycles. The van der Waals surface area contributed by atoms with Crippen LogP contribution in [-0.4, -0.2) is 46.1 Å². The Labute approximate surface area is 127 Å². The number of hydrogen-bond acceptors (Lipinski definition) is 4. The molecule has 6 heteroatoms. The monoisotopic (exact) mass is 312 g/mol. The molecule has 5 nitrogen and oxygen atoms in total. The fraction of sp³-hybridized carbons (Fsp3) is 0.600. The third-order valence-electron chi connectivity index (χ3n) is 3.90. The molecule has 118 valence electrons. The summed E-state index contributed by atoms with van der Waals surface area (Å²) in [5.41, 5.74) is 3.02. The van der Waals surface area contributed by atoms with Gasteiger partial charge in [0.1, 0.15) is 0 Å². The molecule has 1 aliphatic heterocycles. The fourth-order valence-corrected chi connectivity index (χ4v) is 4.43. The van der Waals surface area contributed by atoms with E-state index >= 15 is 0 Å². The van der Waals surface area contributed by atoms with Crippen LogP contribution in [0.4, 0.5) is 5.69 Å². The molecule has 2 rings (SSSR count). The Bertz CT molecular complexity index is 599. The zero-order valence-corrected chi connectivity index (χ0v) is 13.8. The maximum atomic E-state index is 12.9. The summed E-state index contributed by atoms with van der Waals surface area (Å²) in [5, 5.41) is 3.34. The number of rotatable bonds is 6. The van der Waals surface area contributed by atoms with E-state index in [4.69, 9.17) is 4.74 Å². The predicted octanol–water partition coefficient (Wildman–Crippen LogP) is 2.01. The maximum Gasteiger partial charge on any atom is 0.243 e. The molecule has 0 atom stereocenters. The van der Waals surface area contributed by atoms with Crippen molar-refractivity contribution in [1.29, 1.82) is 0 Å². The van der Waals surface area contributed by atoms with Crippen LogP contribution in [0, 0.1) is 6.92 Å². The fourth-order valence-electron chi connectivity index (χ4n) is 2.74. The molecule has 1 N–H and O–H groups in total.